The van der Waals surface area contributed by atoms with Crippen LogP contribution in [0.4, 0.5) is 0 Å². The number of carbonyl (C=O) groups is 1. The molecule has 1 amide bonds. The first kappa shape index (κ1) is 24.6. The number of fused-ring (bicyclic) bond motifs is 1. The van der Waals surface area contributed by atoms with Crippen molar-refractivity contribution in [2.45, 2.75) is 58.4 Å². The molecule has 1 aliphatic carbocycles. The first-order chi connectivity index (χ1) is 18.0. The van der Waals surface area contributed by atoms with Crippen molar-refractivity contribution in [3.63, 3.8) is 0 Å². The molecule has 1 unspecified atom stereocenters. The van der Waals surface area contributed by atoms with Crippen LogP contribution in [0.5, 0.6) is 0 Å². The summed E-state index contributed by atoms with van der Waals surface area (Å²) in [5, 5.41) is 12.4. The zero-order chi connectivity index (χ0) is 25.8. The highest BCUT2D eigenvalue weighted by atomic mass is 16.1. The van der Waals surface area contributed by atoms with Gasteiger partial charge in [-0.1, -0.05) is 60.2 Å². The van der Waals surface area contributed by atoms with E-state index in [1.807, 2.05) is 12.1 Å². The fraction of sp³-hybridized carbons (Fsp3) is 0.273. The summed E-state index contributed by atoms with van der Waals surface area (Å²) in [4.78, 5) is 13.1. The van der Waals surface area contributed by atoms with Gasteiger partial charge in [-0.05, 0) is 86.1 Å². The Bertz CT molecular complexity index is 1460. The number of amides is 1. The number of nitrogens with zero attached hydrogens (tertiary/aromatic N) is 2. The summed E-state index contributed by atoms with van der Waals surface area (Å²) < 4.78 is 2.26. The molecule has 1 aliphatic rings. The maximum atomic E-state index is 13.1. The summed E-state index contributed by atoms with van der Waals surface area (Å²) in [6.45, 7) is 4.25. The molecule has 0 saturated carbocycles. The molecule has 1 N–H and O–H groups in total. The van der Waals surface area contributed by atoms with Gasteiger partial charge in [0.2, 0.25) is 5.91 Å². The van der Waals surface area contributed by atoms with E-state index in [9.17, 15) is 4.79 Å². The normalized spacial score (nSPS) is 14.6. The van der Waals surface area contributed by atoms with Gasteiger partial charge in [0.15, 0.2) is 0 Å². The van der Waals surface area contributed by atoms with Crippen LogP contribution in [0.3, 0.4) is 0 Å². The molecule has 0 spiro atoms. The molecule has 0 radical (unpaired) electrons. The Kier molecular flexibility index (Phi) is 7.23. The smallest absolute Gasteiger partial charge is 0.220 e. The highest BCUT2D eigenvalue weighted by Gasteiger charge is 2.22. The quantitative estimate of drug-likeness (QED) is 0.306. The molecule has 0 aliphatic heterocycles. The molecule has 3 aromatic carbocycles. The van der Waals surface area contributed by atoms with E-state index in [1.165, 1.54) is 27.8 Å². The molecule has 4 nitrogen and oxygen atoms in total. The molecular formula is C33H33N3O. The van der Waals surface area contributed by atoms with E-state index in [1.54, 1.807) is 0 Å². The standard InChI is InChI=1S/C33H33N3O/c1-23-10-17-29(24(2)22-23)32-18-15-28(36(32)27-13-11-25(12-14-27)20-21-34)16-19-33(37)35-31-9-5-7-26-6-3-4-8-30(26)31/h3-4,6,8,10-15,17-18,22,31H,5,7,9,16,19-20H2,1-2H3,(H,35,37). The van der Waals surface area contributed by atoms with Crippen molar-refractivity contribution in [1.82, 2.24) is 9.88 Å². The van der Waals surface area contributed by atoms with Crippen molar-refractivity contribution >= 4 is 5.91 Å². The van der Waals surface area contributed by atoms with Gasteiger partial charge in [0.05, 0.1) is 24.2 Å². The van der Waals surface area contributed by atoms with E-state index >= 15 is 0 Å². The zero-order valence-electron chi connectivity index (χ0n) is 21.6. The lowest BCUT2D eigenvalue weighted by Gasteiger charge is -2.26. The lowest BCUT2D eigenvalue weighted by atomic mass is 9.87. The van der Waals surface area contributed by atoms with Crippen molar-refractivity contribution in [3.05, 3.63) is 112 Å². The van der Waals surface area contributed by atoms with Gasteiger partial charge in [0, 0.05) is 23.4 Å². The largest absolute Gasteiger partial charge is 0.349 e. The first-order valence-corrected chi connectivity index (χ1v) is 13.1. The van der Waals surface area contributed by atoms with Crippen molar-refractivity contribution in [2.75, 3.05) is 0 Å². The van der Waals surface area contributed by atoms with Gasteiger partial charge in [0.25, 0.3) is 0 Å². The van der Waals surface area contributed by atoms with Crippen LogP contribution in [-0.2, 0) is 24.1 Å². The summed E-state index contributed by atoms with van der Waals surface area (Å²) in [6.07, 6.45) is 4.65. The summed E-state index contributed by atoms with van der Waals surface area (Å²) in [7, 11) is 0. The minimum atomic E-state index is 0.0897. The maximum Gasteiger partial charge on any atom is 0.220 e. The fourth-order valence-corrected chi connectivity index (χ4v) is 5.56. The average molecular weight is 488 g/mol. The highest BCUT2D eigenvalue weighted by Crippen LogP contribution is 2.32. The van der Waals surface area contributed by atoms with Crippen LogP contribution < -0.4 is 5.32 Å². The number of nitriles is 1. The monoisotopic (exact) mass is 487 g/mol. The maximum absolute atomic E-state index is 13.1. The van der Waals surface area contributed by atoms with E-state index in [0.29, 0.717) is 19.3 Å². The predicted octanol–water partition coefficient (Wildman–Crippen LogP) is 6.95. The Labute approximate surface area is 219 Å². The topological polar surface area (TPSA) is 57.8 Å². The van der Waals surface area contributed by atoms with E-state index in [-0.39, 0.29) is 11.9 Å². The second-order valence-electron chi connectivity index (χ2n) is 10.1. The van der Waals surface area contributed by atoms with E-state index in [0.717, 1.165) is 41.9 Å². The van der Waals surface area contributed by atoms with Crippen molar-refractivity contribution < 1.29 is 4.79 Å². The van der Waals surface area contributed by atoms with Crippen LogP contribution in [0.25, 0.3) is 16.9 Å². The lowest BCUT2D eigenvalue weighted by molar-refractivity contribution is -0.121. The summed E-state index contributed by atoms with van der Waals surface area (Å²) in [6, 6.07) is 29.8. The molecular weight excluding hydrogens is 454 g/mol. The number of hydrogen-bond acceptors (Lipinski definition) is 2. The van der Waals surface area contributed by atoms with Gasteiger partial charge < -0.3 is 9.88 Å². The highest BCUT2D eigenvalue weighted by molar-refractivity contribution is 5.77. The summed E-state index contributed by atoms with van der Waals surface area (Å²) in [5.41, 5.74) is 10.5. The molecule has 4 aromatic rings. The van der Waals surface area contributed by atoms with Gasteiger partial charge in [-0.15, -0.1) is 0 Å². The number of rotatable bonds is 7. The Morgan fingerprint density at radius 2 is 1.84 bits per heavy atom. The third kappa shape index (κ3) is 5.37. The van der Waals surface area contributed by atoms with Crippen molar-refractivity contribution in [1.29, 1.82) is 5.26 Å². The Morgan fingerprint density at radius 3 is 2.62 bits per heavy atom. The van der Waals surface area contributed by atoms with E-state index in [4.69, 9.17) is 5.26 Å². The number of carbonyl (C=O) groups excluding carboxylic acids is 1. The summed E-state index contributed by atoms with van der Waals surface area (Å²) >= 11 is 0. The molecule has 37 heavy (non-hydrogen) atoms. The molecule has 1 aromatic heterocycles. The lowest BCUT2D eigenvalue weighted by Crippen LogP contribution is -2.31. The van der Waals surface area contributed by atoms with Crippen LogP contribution in [-0.4, -0.2) is 10.5 Å². The fourth-order valence-electron chi connectivity index (χ4n) is 5.56. The second-order valence-corrected chi connectivity index (χ2v) is 10.1. The van der Waals surface area contributed by atoms with Crippen LogP contribution in [0.1, 0.15) is 58.8 Å². The number of nitrogens with one attached hydrogen (secondary N) is 1. The van der Waals surface area contributed by atoms with Gasteiger partial charge in [-0.2, -0.15) is 5.26 Å². The van der Waals surface area contributed by atoms with E-state index in [2.05, 4.69) is 96.5 Å². The number of benzene rings is 3. The molecule has 0 bridgehead atoms. The third-order valence-electron chi connectivity index (χ3n) is 7.41. The predicted molar refractivity (Wildman–Crippen MR) is 149 cm³/mol. The molecule has 0 saturated heterocycles. The molecule has 0 fully saturated rings. The minimum absolute atomic E-state index is 0.0897. The Hall–Kier alpha value is -4.10. The van der Waals surface area contributed by atoms with Crippen LogP contribution >= 0.6 is 0 Å². The summed E-state index contributed by atoms with van der Waals surface area (Å²) in [5.74, 6) is 0.0897. The molecule has 186 valence electrons. The zero-order valence-corrected chi connectivity index (χ0v) is 21.6. The van der Waals surface area contributed by atoms with E-state index < -0.39 is 0 Å². The van der Waals surface area contributed by atoms with Crippen LogP contribution in [0.15, 0.2) is 78.9 Å². The minimum Gasteiger partial charge on any atom is -0.349 e. The molecule has 1 atom stereocenters. The van der Waals surface area contributed by atoms with Crippen molar-refractivity contribution in [3.8, 4) is 23.0 Å². The third-order valence-corrected chi connectivity index (χ3v) is 7.41. The first-order valence-electron chi connectivity index (χ1n) is 13.1. The number of hydrogen-bond donors (Lipinski definition) is 1. The van der Waals surface area contributed by atoms with Gasteiger partial charge in [-0.25, -0.2) is 0 Å². The SMILES string of the molecule is Cc1ccc(-c2ccc(CCC(=O)NC3CCCc4ccccc43)n2-c2ccc(CC#N)cc2)c(C)c1. The average Bonchev–Trinajstić information content (AvgIpc) is 3.32. The second kappa shape index (κ2) is 10.9. The number of aryl methyl sites for hydroxylation is 4. The van der Waals surface area contributed by atoms with Crippen LogP contribution in [0.2, 0.25) is 0 Å². The van der Waals surface area contributed by atoms with Crippen molar-refractivity contribution in [2.24, 2.45) is 0 Å². The number of aromatic nitrogens is 1. The molecule has 1 heterocycles. The van der Waals surface area contributed by atoms with Gasteiger partial charge in [0.1, 0.15) is 0 Å². The Balaban J connectivity index is 1.40. The Morgan fingerprint density at radius 1 is 1.03 bits per heavy atom. The molecule has 5 rings (SSSR count). The molecule has 4 heteroatoms. The van der Waals surface area contributed by atoms with Crippen LogP contribution in [0, 0.1) is 25.2 Å². The van der Waals surface area contributed by atoms with Gasteiger partial charge in [-0.3, -0.25) is 4.79 Å². The van der Waals surface area contributed by atoms with Gasteiger partial charge >= 0.3 is 0 Å².